The SMILES string of the molecule is Cc1ccc(O)cc1C1(c2cc(O)ccc2C)c2ccccc2-c2ccccc21. The molecule has 0 heterocycles. The number of aromatic hydroxyl groups is 2. The lowest BCUT2D eigenvalue weighted by atomic mass is 9.65. The molecule has 0 aromatic heterocycles. The van der Waals surface area contributed by atoms with E-state index in [1.165, 1.54) is 22.3 Å². The van der Waals surface area contributed by atoms with E-state index in [-0.39, 0.29) is 11.5 Å². The fourth-order valence-electron chi connectivity index (χ4n) is 4.99. The van der Waals surface area contributed by atoms with Crippen LogP contribution in [0.1, 0.15) is 33.4 Å². The molecule has 0 fully saturated rings. The largest absolute Gasteiger partial charge is 0.508 e. The molecule has 0 bridgehead atoms. The molecule has 29 heavy (non-hydrogen) atoms. The highest BCUT2D eigenvalue weighted by Gasteiger charge is 2.47. The third-order valence-corrected chi connectivity index (χ3v) is 6.20. The van der Waals surface area contributed by atoms with Gasteiger partial charge in [0.2, 0.25) is 0 Å². The van der Waals surface area contributed by atoms with E-state index in [4.69, 9.17) is 0 Å². The van der Waals surface area contributed by atoms with Gasteiger partial charge in [-0.25, -0.2) is 0 Å². The second-order valence-corrected chi connectivity index (χ2v) is 7.84. The molecule has 2 nitrogen and oxygen atoms in total. The minimum atomic E-state index is -0.612. The Kier molecular flexibility index (Phi) is 3.78. The van der Waals surface area contributed by atoms with Gasteiger partial charge in [0.25, 0.3) is 0 Å². The Balaban J connectivity index is 2.04. The van der Waals surface area contributed by atoms with Crippen molar-refractivity contribution in [1.82, 2.24) is 0 Å². The summed E-state index contributed by atoms with van der Waals surface area (Å²) in [6.45, 7) is 4.16. The Hall–Kier alpha value is -3.52. The molecule has 0 saturated heterocycles. The maximum atomic E-state index is 10.4. The summed E-state index contributed by atoms with van der Waals surface area (Å²) < 4.78 is 0. The van der Waals surface area contributed by atoms with Crippen LogP contribution in [0.15, 0.2) is 84.9 Å². The van der Waals surface area contributed by atoms with E-state index in [9.17, 15) is 10.2 Å². The molecule has 0 saturated carbocycles. The highest BCUT2D eigenvalue weighted by atomic mass is 16.3. The monoisotopic (exact) mass is 378 g/mol. The van der Waals surface area contributed by atoms with Gasteiger partial charge in [0.1, 0.15) is 11.5 Å². The molecule has 2 heteroatoms. The molecule has 1 aliphatic rings. The van der Waals surface area contributed by atoms with Crippen LogP contribution in [0, 0.1) is 13.8 Å². The predicted molar refractivity (Wildman–Crippen MR) is 117 cm³/mol. The molecule has 0 atom stereocenters. The molecule has 2 N–H and O–H groups in total. The molecule has 4 aromatic carbocycles. The first-order valence-corrected chi connectivity index (χ1v) is 9.83. The predicted octanol–water partition coefficient (Wildman–Crippen LogP) is 6.08. The molecule has 1 aliphatic carbocycles. The zero-order valence-electron chi connectivity index (χ0n) is 16.5. The van der Waals surface area contributed by atoms with E-state index in [1.807, 2.05) is 24.3 Å². The van der Waals surface area contributed by atoms with Gasteiger partial charge in [-0.3, -0.25) is 0 Å². The second kappa shape index (κ2) is 6.25. The Morgan fingerprint density at radius 1 is 0.517 bits per heavy atom. The summed E-state index contributed by atoms with van der Waals surface area (Å²) in [5.74, 6) is 0.481. The summed E-state index contributed by atoms with van der Waals surface area (Å²) in [6.07, 6.45) is 0. The second-order valence-electron chi connectivity index (χ2n) is 7.84. The first-order chi connectivity index (χ1) is 14.0. The lowest BCUT2D eigenvalue weighted by Crippen LogP contribution is -2.30. The zero-order valence-corrected chi connectivity index (χ0v) is 16.5. The van der Waals surface area contributed by atoms with E-state index in [0.717, 1.165) is 22.3 Å². The summed E-state index contributed by atoms with van der Waals surface area (Å²) >= 11 is 0. The van der Waals surface area contributed by atoms with Crippen LogP contribution >= 0.6 is 0 Å². The normalized spacial score (nSPS) is 13.7. The molecule has 0 unspecified atom stereocenters. The maximum Gasteiger partial charge on any atom is 0.115 e. The van der Waals surface area contributed by atoms with Gasteiger partial charge in [0.15, 0.2) is 0 Å². The van der Waals surface area contributed by atoms with Gasteiger partial charge in [-0.15, -0.1) is 0 Å². The van der Waals surface area contributed by atoms with E-state index in [1.54, 1.807) is 12.1 Å². The fourth-order valence-corrected chi connectivity index (χ4v) is 4.99. The number of hydrogen-bond donors (Lipinski definition) is 2. The van der Waals surface area contributed by atoms with Gasteiger partial charge >= 0.3 is 0 Å². The number of hydrogen-bond acceptors (Lipinski definition) is 2. The van der Waals surface area contributed by atoms with Gasteiger partial charge in [-0.1, -0.05) is 60.7 Å². The molecule has 0 amide bonds. The Bertz CT molecular complexity index is 1150. The van der Waals surface area contributed by atoms with Crippen molar-refractivity contribution >= 4 is 0 Å². The molecule has 0 radical (unpaired) electrons. The standard InChI is InChI=1S/C27H22O2/c1-17-11-13-19(28)15-25(17)27(26-16-20(29)14-12-18(26)2)23-9-5-3-7-21(23)22-8-4-6-10-24(22)27/h3-16,28-29H,1-2H3. The first-order valence-electron chi connectivity index (χ1n) is 9.83. The van der Waals surface area contributed by atoms with E-state index < -0.39 is 5.41 Å². The Labute approximate surface area is 170 Å². The minimum Gasteiger partial charge on any atom is -0.508 e. The van der Waals surface area contributed by atoms with Gasteiger partial charge in [-0.05, 0) is 82.6 Å². The van der Waals surface area contributed by atoms with Crippen molar-refractivity contribution < 1.29 is 10.2 Å². The van der Waals surface area contributed by atoms with Crippen LogP contribution in [0.3, 0.4) is 0 Å². The maximum absolute atomic E-state index is 10.4. The summed E-state index contributed by atoms with van der Waals surface area (Å²) in [5.41, 5.74) is 8.36. The third-order valence-electron chi connectivity index (χ3n) is 6.20. The van der Waals surface area contributed by atoms with Crippen molar-refractivity contribution in [2.24, 2.45) is 0 Å². The number of rotatable bonds is 2. The molecule has 4 aromatic rings. The average Bonchev–Trinajstić information content (AvgIpc) is 3.03. The third kappa shape index (κ3) is 2.35. The quantitative estimate of drug-likeness (QED) is 0.391. The fraction of sp³-hybridized carbons (Fsp3) is 0.111. The van der Waals surface area contributed by atoms with Crippen LogP contribution in [-0.2, 0) is 5.41 Å². The molecule has 0 aliphatic heterocycles. The highest BCUT2D eigenvalue weighted by molar-refractivity contribution is 5.87. The van der Waals surface area contributed by atoms with Crippen LogP contribution in [0.25, 0.3) is 11.1 Å². The number of aryl methyl sites for hydroxylation is 2. The van der Waals surface area contributed by atoms with E-state index in [0.29, 0.717) is 0 Å². The van der Waals surface area contributed by atoms with Crippen molar-refractivity contribution in [2.45, 2.75) is 19.3 Å². The van der Waals surface area contributed by atoms with Crippen LogP contribution < -0.4 is 0 Å². The summed E-state index contributed by atoms with van der Waals surface area (Å²) in [6, 6.07) is 28.1. The topological polar surface area (TPSA) is 40.5 Å². The van der Waals surface area contributed by atoms with Gasteiger partial charge in [0.05, 0.1) is 5.41 Å². The van der Waals surface area contributed by atoms with Crippen molar-refractivity contribution in [3.05, 3.63) is 118 Å². The van der Waals surface area contributed by atoms with Gasteiger partial charge < -0.3 is 10.2 Å². The first kappa shape index (κ1) is 17.6. The van der Waals surface area contributed by atoms with Crippen LogP contribution in [0.4, 0.5) is 0 Å². The lowest BCUT2D eigenvalue weighted by Gasteiger charge is -2.36. The van der Waals surface area contributed by atoms with E-state index >= 15 is 0 Å². The number of phenols is 2. The molecular formula is C27H22O2. The molecule has 5 rings (SSSR count). The lowest BCUT2D eigenvalue weighted by molar-refractivity contribution is 0.472. The number of fused-ring (bicyclic) bond motifs is 3. The minimum absolute atomic E-state index is 0.240. The summed E-state index contributed by atoms with van der Waals surface area (Å²) in [4.78, 5) is 0. The van der Waals surface area contributed by atoms with Crippen molar-refractivity contribution in [3.63, 3.8) is 0 Å². The van der Waals surface area contributed by atoms with Crippen molar-refractivity contribution in [3.8, 4) is 22.6 Å². The molecule has 142 valence electrons. The number of benzene rings is 4. The molecular weight excluding hydrogens is 356 g/mol. The van der Waals surface area contributed by atoms with Crippen LogP contribution in [0.5, 0.6) is 11.5 Å². The van der Waals surface area contributed by atoms with Crippen molar-refractivity contribution in [2.75, 3.05) is 0 Å². The summed E-state index contributed by atoms with van der Waals surface area (Å²) in [5, 5.41) is 20.9. The summed E-state index contributed by atoms with van der Waals surface area (Å²) in [7, 11) is 0. The Morgan fingerprint density at radius 3 is 1.38 bits per heavy atom. The highest BCUT2D eigenvalue weighted by Crippen LogP contribution is 2.57. The van der Waals surface area contributed by atoms with Gasteiger partial charge in [0, 0.05) is 0 Å². The Morgan fingerprint density at radius 2 is 0.931 bits per heavy atom. The van der Waals surface area contributed by atoms with Crippen molar-refractivity contribution in [1.29, 1.82) is 0 Å². The van der Waals surface area contributed by atoms with Gasteiger partial charge in [-0.2, -0.15) is 0 Å². The average molecular weight is 378 g/mol. The number of phenolic OH excluding ortho intramolecular Hbond substituents is 2. The van der Waals surface area contributed by atoms with Crippen LogP contribution in [0.2, 0.25) is 0 Å². The van der Waals surface area contributed by atoms with Crippen LogP contribution in [-0.4, -0.2) is 10.2 Å². The smallest absolute Gasteiger partial charge is 0.115 e. The van der Waals surface area contributed by atoms with E-state index in [2.05, 4.69) is 62.4 Å². The zero-order chi connectivity index (χ0) is 20.2. The molecule has 0 spiro atoms.